The van der Waals surface area contributed by atoms with Crippen LogP contribution in [0.4, 0.5) is 4.39 Å². The number of Topliss-reactive ketones (excluding diaryl/α,β-unsaturated/α-hetero) is 1. The van der Waals surface area contributed by atoms with E-state index in [4.69, 9.17) is 9.47 Å². The number of halogens is 1. The lowest BCUT2D eigenvalue weighted by Gasteiger charge is -2.40. The molecule has 2 aromatic rings. The highest BCUT2D eigenvalue weighted by Crippen LogP contribution is 2.57. The van der Waals surface area contributed by atoms with E-state index in [0.29, 0.717) is 19.6 Å². The molecule has 1 aliphatic heterocycles. The van der Waals surface area contributed by atoms with Crippen LogP contribution in [0.25, 0.3) is 11.8 Å². The van der Waals surface area contributed by atoms with E-state index in [9.17, 15) is 9.18 Å². The van der Waals surface area contributed by atoms with Crippen LogP contribution in [0.15, 0.2) is 36.0 Å². The number of rotatable bonds is 1. The molecule has 0 bridgehead atoms. The van der Waals surface area contributed by atoms with Crippen LogP contribution >= 0.6 is 0 Å². The second-order valence-corrected chi connectivity index (χ2v) is 7.06. The van der Waals surface area contributed by atoms with Crippen LogP contribution in [0, 0.1) is 11.2 Å². The molecule has 0 unspecified atom stereocenters. The van der Waals surface area contributed by atoms with E-state index >= 15 is 0 Å². The number of hydrogen-bond donors (Lipinski definition) is 0. The summed E-state index contributed by atoms with van der Waals surface area (Å²) in [5.41, 5.74) is 2.87. The predicted octanol–water partition coefficient (Wildman–Crippen LogP) is 2.67. The largest absolute Gasteiger partial charge is 0.346 e. The number of hydrogen-bond acceptors (Lipinski definition) is 4. The molecule has 5 rings (SSSR count). The molecule has 128 valence electrons. The van der Waals surface area contributed by atoms with Gasteiger partial charge in [-0.25, -0.2) is 9.07 Å². The number of carbonyl (C=O) groups is 1. The number of ether oxygens (including phenoxy) is 2. The van der Waals surface area contributed by atoms with Crippen LogP contribution in [0.1, 0.15) is 24.6 Å². The lowest BCUT2D eigenvalue weighted by atomic mass is 9.72. The molecular formula is C19H17FN2O3. The second kappa shape index (κ2) is 4.86. The standard InChI is InChI=1S/C19H17FN2O3/c1-18-9-12-11-21-22(14-4-2-13(20)3-5-14)16(12)8-15(18)17(23)10-19(18)24-6-7-25-19/h2-5,8,11H,6-7,9-10H2,1H3/t18-/m0/s1. The van der Waals surface area contributed by atoms with E-state index in [-0.39, 0.29) is 18.0 Å². The lowest BCUT2D eigenvalue weighted by molar-refractivity contribution is -0.208. The summed E-state index contributed by atoms with van der Waals surface area (Å²) < 4.78 is 26.8. The van der Waals surface area contributed by atoms with Gasteiger partial charge in [0.2, 0.25) is 0 Å². The Bertz CT molecular complexity index is 909. The monoisotopic (exact) mass is 340 g/mol. The van der Waals surface area contributed by atoms with Crippen molar-refractivity contribution in [1.82, 2.24) is 9.78 Å². The summed E-state index contributed by atoms with van der Waals surface area (Å²) in [7, 11) is 0. The van der Waals surface area contributed by atoms with Crippen molar-refractivity contribution < 1.29 is 18.7 Å². The van der Waals surface area contributed by atoms with Gasteiger partial charge in [-0.15, -0.1) is 0 Å². The van der Waals surface area contributed by atoms with Gasteiger partial charge in [-0.2, -0.15) is 5.10 Å². The Kier molecular flexibility index (Phi) is 2.92. The average molecular weight is 340 g/mol. The van der Waals surface area contributed by atoms with E-state index in [0.717, 1.165) is 22.5 Å². The fourth-order valence-electron chi connectivity index (χ4n) is 4.35. The third kappa shape index (κ3) is 1.89. The van der Waals surface area contributed by atoms with E-state index in [2.05, 4.69) is 5.10 Å². The highest BCUT2D eigenvalue weighted by Gasteiger charge is 2.63. The third-order valence-electron chi connectivity index (χ3n) is 5.67. The minimum absolute atomic E-state index is 0.0573. The summed E-state index contributed by atoms with van der Waals surface area (Å²) in [6.45, 7) is 3.06. The molecule has 3 aliphatic rings. The van der Waals surface area contributed by atoms with Crippen molar-refractivity contribution >= 4 is 11.9 Å². The Labute approximate surface area is 144 Å². The minimum Gasteiger partial charge on any atom is -0.346 e. The second-order valence-electron chi connectivity index (χ2n) is 7.06. The molecule has 1 atom stereocenters. The maximum Gasteiger partial charge on any atom is 0.185 e. The van der Waals surface area contributed by atoms with Gasteiger partial charge in [-0.1, -0.05) is 0 Å². The number of benzene rings is 1. The molecule has 2 aliphatic carbocycles. The van der Waals surface area contributed by atoms with Crippen molar-refractivity contribution in [2.24, 2.45) is 5.41 Å². The minimum atomic E-state index is -0.856. The highest BCUT2D eigenvalue weighted by molar-refractivity contribution is 6.05. The third-order valence-corrected chi connectivity index (χ3v) is 5.67. The van der Waals surface area contributed by atoms with Crippen molar-refractivity contribution in [3.05, 3.63) is 53.1 Å². The first-order chi connectivity index (χ1) is 12.0. The summed E-state index contributed by atoms with van der Waals surface area (Å²) in [5, 5.41) is 4.45. The molecule has 5 nitrogen and oxygen atoms in total. The molecule has 1 saturated carbocycles. The Balaban J connectivity index is 1.64. The van der Waals surface area contributed by atoms with Crippen LogP contribution in [0.3, 0.4) is 0 Å². The molecule has 25 heavy (non-hydrogen) atoms. The van der Waals surface area contributed by atoms with E-state index in [1.165, 1.54) is 12.1 Å². The van der Waals surface area contributed by atoms with Crippen LogP contribution in [0.2, 0.25) is 0 Å². The zero-order valence-corrected chi connectivity index (χ0v) is 13.8. The van der Waals surface area contributed by atoms with Gasteiger partial charge >= 0.3 is 0 Å². The number of carbonyl (C=O) groups excluding carboxylic acids is 1. The number of ketones is 1. The van der Waals surface area contributed by atoms with Gasteiger partial charge in [0, 0.05) is 5.57 Å². The highest BCUT2D eigenvalue weighted by atomic mass is 19.1. The van der Waals surface area contributed by atoms with Crippen molar-refractivity contribution in [2.45, 2.75) is 25.6 Å². The molecule has 1 aromatic carbocycles. The van der Waals surface area contributed by atoms with Gasteiger partial charge < -0.3 is 9.47 Å². The summed E-state index contributed by atoms with van der Waals surface area (Å²) in [6.07, 6.45) is 4.59. The van der Waals surface area contributed by atoms with E-state index in [1.54, 1.807) is 16.8 Å². The predicted molar refractivity (Wildman–Crippen MR) is 87.6 cm³/mol. The van der Waals surface area contributed by atoms with Crippen molar-refractivity contribution in [2.75, 3.05) is 13.2 Å². The van der Waals surface area contributed by atoms with Gasteiger partial charge in [0.15, 0.2) is 11.6 Å². The fraction of sp³-hybridized carbons (Fsp3) is 0.368. The summed E-state index contributed by atoms with van der Waals surface area (Å²) in [5.74, 6) is -1.09. The van der Waals surface area contributed by atoms with Crippen LogP contribution in [-0.2, 0) is 20.7 Å². The molecule has 2 heterocycles. The van der Waals surface area contributed by atoms with Crippen LogP contribution < -0.4 is 0 Å². The number of aromatic nitrogens is 2. The quantitative estimate of drug-likeness (QED) is 0.801. The number of fused-ring (bicyclic) bond motifs is 3. The summed E-state index contributed by atoms with van der Waals surface area (Å²) in [6, 6.07) is 6.16. The van der Waals surface area contributed by atoms with Crippen LogP contribution in [0.5, 0.6) is 0 Å². The first kappa shape index (κ1) is 15.0. The molecule has 1 spiro atoms. The maximum absolute atomic E-state index is 13.2. The molecule has 1 aromatic heterocycles. The summed E-state index contributed by atoms with van der Waals surface area (Å²) >= 11 is 0. The number of nitrogens with zero attached hydrogens (tertiary/aromatic N) is 2. The Morgan fingerprint density at radius 3 is 2.60 bits per heavy atom. The van der Waals surface area contributed by atoms with Gasteiger partial charge in [0.05, 0.1) is 42.6 Å². The molecule has 1 saturated heterocycles. The van der Waals surface area contributed by atoms with Crippen LogP contribution in [-0.4, -0.2) is 34.6 Å². The topological polar surface area (TPSA) is 53.4 Å². The Hall–Kier alpha value is -2.31. The van der Waals surface area contributed by atoms with Crippen molar-refractivity contribution in [3.8, 4) is 5.69 Å². The molecule has 6 heteroatoms. The zero-order chi connectivity index (χ0) is 17.2. The molecule has 0 radical (unpaired) electrons. The molecule has 0 N–H and O–H groups in total. The van der Waals surface area contributed by atoms with Gasteiger partial charge in [-0.3, -0.25) is 4.79 Å². The lowest BCUT2D eigenvalue weighted by Crippen LogP contribution is -2.46. The summed E-state index contributed by atoms with van der Waals surface area (Å²) in [4.78, 5) is 12.7. The SMILES string of the molecule is C[C@]12Cc3cnn(-c4ccc(F)cc4)c3C=C1C(=O)CC21OCCO1. The smallest absolute Gasteiger partial charge is 0.185 e. The molecule has 0 amide bonds. The normalized spacial score (nSPS) is 26.6. The zero-order valence-electron chi connectivity index (χ0n) is 13.8. The first-order valence-corrected chi connectivity index (χ1v) is 8.39. The average Bonchev–Trinajstić information content (AvgIpc) is 3.26. The maximum atomic E-state index is 13.2. The van der Waals surface area contributed by atoms with E-state index < -0.39 is 11.2 Å². The van der Waals surface area contributed by atoms with Gasteiger partial charge in [-0.05, 0) is 49.2 Å². The molecule has 2 fully saturated rings. The van der Waals surface area contributed by atoms with E-state index in [1.807, 2.05) is 19.2 Å². The fourth-order valence-corrected chi connectivity index (χ4v) is 4.35. The van der Waals surface area contributed by atoms with Crippen molar-refractivity contribution in [3.63, 3.8) is 0 Å². The Morgan fingerprint density at radius 1 is 1.16 bits per heavy atom. The first-order valence-electron chi connectivity index (χ1n) is 8.39. The molecular weight excluding hydrogens is 323 g/mol. The van der Waals surface area contributed by atoms with Crippen molar-refractivity contribution in [1.29, 1.82) is 0 Å². The van der Waals surface area contributed by atoms with Gasteiger partial charge in [0.1, 0.15) is 5.82 Å². The Morgan fingerprint density at radius 2 is 1.88 bits per heavy atom. The van der Waals surface area contributed by atoms with Gasteiger partial charge in [0.25, 0.3) is 0 Å².